The van der Waals surface area contributed by atoms with Crippen molar-refractivity contribution in [2.75, 3.05) is 13.6 Å². The fourth-order valence-corrected chi connectivity index (χ4v) is 0.896. The molecule has 15 heavy (non-hydrogen) atoms. The van der Waals surface area contributed by atoms with Gasteiger partial charge in [0.1, 0.15) is 0 Å². The van der Waals surface area contributed by atoms with Gasteiger partial charge in [0, 0.05) is 19.2 Å². The minimum atomic E-state index is -0.140. The molecule has 1 rings (SSSR count). The van der Waals surface area contributed by atoms with E-state index in [1.807, 2.05) is 32.9 Å². The van der Waals surface area contributed by atoms with Crippen LogP contribution in [0.5, 0.6) is 0 Å². The number of hydrogen-bond donors (Lipinski definition) is 1. The van der Waals surface area contributed by atoms with Gasteiger partial charge >= 0.3 is 0 Å². The monoisotopic (exact) mass is 211 g/mol. The summed E-state index contributed by atoms with van der Waals surface area (Å²) in [6.07, 6.45) is 5.45. The number of nitrogens with one attached hydrogen (secondary N) is 1. The van der Waals surface area contributed by atoms with Gasteiger partial charge in [-0.1, -0.05) is 26.0 Å². The van der Waals surface area contributed by atoms with Gasteiger partial charge in [-0.25, -0.2) is 0 Å². The third kappa shape index (κ3) is 5.10. The molecule has 4 nitrogen and oxygen atoms in total. The Bertz CT molecular complexity index is 296. The van der Waals surface area contributed by atoms with Gasteiger partial charge in [0.2, 0.25) is 0 Å². The Morgan fingerprint density at radius 1 is 1.67 bits per heavy atom. The number of amides is 1. The predicted octanol–water partition coefficient (Wildman–Crippen LogP) is 2.10. The second-order valence-electron chi connectivity index (χ2n) is 2.65. The first kappa shape index (κ1) is 13.5. The van der Waals surface area contributed by atoms with Crippen molar-refractivity contribution in [1.82, 2.24) is 5.32 Å². The smallest absolute Gasteiger partial charge is 0.276 e. The van der Waals surface area contributed by atoms with Crippen molar-refractivity contribution in [2.45, 2.75) is 20.8 Å². The van der Waals surface area contributed by atoms with Crippen LogP contribution in [0.4, 0.5) is 0 Å². The fraction of sp³-hybridized carbons (Fsp3) is 0.455. The molecule has 1 amide bonds. The predicted molar refractivity (Wildman–Crippen MR) is 62.3 cm³/mol. The number of nitrogens with zero attached hydrogens (tertiary/aromatic N) is 2. The summed E-state index contributed by atoms with van der Waals surface area (Å²) in [6.45, 7) is 8.20. The summed E-state index contributed by atoms with van der Waals surface area (Å²) in [5.74, 6) is -0.140. The van der Waals surface area contributed by atoms with E-state index in [1.165, 1.54) is 0 Å². The molecule has 0 saturated heterocycles. The maximum absolute atomic E-state index is 11.3. The lowest BCUT2D eigenvalue weighted by Gasteiger charge is -1.96. The van der Waals surface area contributed by atoms with Crippen LogP contribution < -0.4 is 5.32 Å². The van der Waals surface area contributed by atoms with E-state index in [1.54, 1.807) is 24.4 Å². The zero-order valence-electron chi connectivity index (χ0n) is 9.82. The molecule has 0 aliphatic carbocycles. The van der Waals surface area contributed by atoms with E-state index in [2.05, 4.69) is 10.4 Å². The van der Waals surface area contributed by atoms with E-state index in [9.17, 15) is 4.79 Å². The number of carbonyl (C=O) groups excluding carboxylic acids is 1. The van der Waals surface area contributed by atoms with E-state index in [4.69, 9.17) is 0 Å². The van der Waals surface area contributed by atoms with Crippen molar-refractivity contribution >= 4 is 5.91 Å². The zero-order valence-corrected chi connectivity index (χ0v) is 9.82. The Balaban J connectivity index is 0. The summed E-state index contributed by atoms with van der Waals surface area (Å²) in [7, 11) is 1.78. The van der Waals surface area contributed by atoms with Gasteiger partial charge in [-0.05, 0) is 6.92 Å². The summed E-state index contributed by atoms with van der Waals surface area (Å²) in [5.41, 5.74) is 0.451. The Labute approximate surface area is 92.9 Å². The number of carbonyl (C=O) groups is 1. The highest BCUT2D eigenvalue weighted by atomic mass is 16.2. The van der Waals surface area contributed by atoms with Crippen LogP contribution in [0, 0.1) is 6.54 Å². The van der Waals surface area contributed by atoms with Gasteiger partial charge in [-0.2, -0.15) is 0 Å². The van der Waals surface area contributed by atoms with Crippen LogP contribution in [-0.4, -0.2) is 24.2 Å². The van der Waals surface area contributed by atoms with Crippen LogP contribution in [0.15, 0.2) is 29.0 Å². The number of azo groups is 2. The lowest BCUT2D eigenvalue weighted by Crippen LogP contribution is -2.23. The van der Waals surface area contributed by atoms with E-state index in [0.29, 0.717) is 12.2 Å². The molecule has 0 aromatic carbocycles. The summed E-state index contributed by atoms with van der Waals surface area (Å²) in [6, 6.07) is 0. The van der Waals surface area contributed by atoms with Gasteiger partial charge in [-0.3, -0.25) is 4.79 Å². The average molecular weight is 211 g/mol. The molecule has 85 valence electrons. The van der Waals surface area contributed by atoms with Crippen molar-refractivity contribution in [1.29, 1.82) is 0 Å². The molecule has 0 bridgehead atoms. The van der Waals surface area contributed by atoms with Crippen molar-refractivity contribution in [3.8, 4) is 0 Å². The van der Waals surface area contributed by atoms with Gasteiger partial charge in [-0.15, -0.1) is 4.70 Å². The maximum atomic E-state index is 11.3. The second kappa shape index (κ2) is 7.91. The molecule has 1 N–H and O–H groups in total. The normalized spacial score (nSPS) is 14.1. The van der Waals surface area contributed by atoms with Crippen LogP contribution in [0.3, 0.4) is 0 Å². The molecule has 1 radical (unpaired) electrons. The molecule has 1 aliphatic heterocycles. The first-order valence-electron chi connectivity index (χ1n) is 5.13. The van der Waals surface area contributed by atoms with Crippen molar-refractivity contribution in [2.24, 2.45) is 5.11 Å². The third-order valence-electron chi connectivity index (χ3n) is 1.56. The molecule has 0 aromatic heterocycles. The molecular formula is C11H21N3O+. The van der Waals surface area contributed by atoms with Crippen molar-refractivity contribution in [3.05, 3.63) is 30.5 Å². The summed E-state index contributed by atoms with van der Waals surface area (Å²) in [4.78, 5) is 11.3. The highest BCUT2D eigenvalue weighted by molar-refractivity contribution is 5.93. The summed E-state index contributed by atoms with van der Waals surface area (Å²) >= 11 is 0. The highest BCUT2D eigenvalue weighted by Gasteiger charge is 2.18. The Morgan fingerprint density at radius 2 is 2.33 bits per heavy atom. The molecule has 0 unspecified atom stereocenters. The Morgan fingerprint density at radius 3 is 2.80 bits per heavy atom. The van der Waals surface area contributed by atoms with Crippen molar-refractivity contribution in [3.63, 3.8) is 0 Å². The summed E-state index contributed by atoms with van der Waals surface area (Å²) in [5, 5.41) is 6.68. The average Bonchev–Trinajstić information content (AvgIpc) is 2.68. The molecule has 4 heteroatoms. The summed E-state index contributed by atoms with van der Waals surface area (Å²) < 4.78 is 1.60. The molecule has 0 atom stereocenters. The second-order valence-corrected chi connectivity index (χ2v) is 2.65. The van der Waals surface area contributed by atoms with Crippen LogP contribution in [0.25, 0.3) is 0 Å². The van der Waals surface area contributed by atoms with Crippen LogP contribution >= 0.6 is 0 Å². The van der Waals surface area contributed by atoms with Gasteiger partial charge in [0.25, 0.3) is 12.5 Å². The lowest BCUT2D eigenvalue weighted by atomic mass is 10.4. The lowest BCUT2D eigenvalue weighted by molar-refractivity contribution is -0.512. The van der Waals surface area contributed by atoms with Crippen LogP contribution in [0.1, 0.15) is 22.2 Å². The van der Waals surface area contributed by atoms with E-state index in [0.717, 1.165) is 0 Å². The molecule has 0 aromatic rings. The fourth-order valence-electron chi connectivity index (χ4n) is 0.896. The maximum Gasteiger partial charge on any atom is 0.276 e. The molecule has 0 fully saturated rings. The highest BCUT2D eigenvalue weighted by Crippen LogP contribution is 2.06. The standard InChI is InChI=1S/C9H13N3O.C2H6.H2/c1-3-4-6-10-9(13)8-5-7-12(2)11-8;1-2;/h3-5,7H,6H2,1-2H3,(H,10,13);1-2H3;1H/q+1;;/b4-3+;;. The Kier molecular flexibility index (Phi) is 7.14. The Hall–Kier alpha value is -1.45. The topological polar surface area (TPSA) is 44.5 Å². The van der Waals surface area contributed by atoms with E-state index < -0.39 is 0 Å². The number of allylic oxidation sites excluding steroid dienone is 1. The zero-order chi connectivity index (χ0) is 11.7. The molecule has 1 aliphatic rings. The van der Waals surface area contributed by atoms with E-state index in [-0.39, 0.29) is 7.33 Å². The van der Waals surface area contributed by atoms with Gasteiger partial charge in [0.15, 0.2) is 12.7 Å². The number of likely N-dealkylation sites (N-methyl/N-ethyl adjacent to an activating group) is 1. The molecule has 0 saturated carbocycles. The SMILES string of the molecule is C/C=C/CNC(=O)C1=C[CH][N+](C)=N1.CC.[HH]. The van der Waals surface area contributed by atoms with Gasteiger partial charge in [0.05, 0.1) is 0 Å². The quantitative estimate of drug-likeness (QED) is 0.564. The van der Waals surface area contributed by atoms with Crippen molar-refractivity contribution < 1.29 is 10.9 Å². The first-order chi connectivity index (χ1) is 7.24. The minimum Gasteiger partial charge on any atom is -0.347 e. The minimum absolute atomic E-state index is 0. The largest absolute Gasteiger partial charge is 0.347 e. The van der Waals surface area contributed by atoms with Gasteiger partial charge < -0.3 is 5.32 Å². The molecule has 0 spiro atoms. The third-order valence-corrected chi connectivity index (χ3v) is 1.56. The van der Waals surface area contributed by atoms with Crippen LogP contribution in [-0.2, 0) is 4.79 Å². The number of hydrogen-bond acceptors (Lipinski definition) is 2. The molecular weight excluding hydrogens is 190 g/mol. The van der Waals surface area contributed by atoms with Crippen LogP contribution in [0.2, 0.25) is 0 Å². The molecule has 1 heterocycles. The first-order valence-corrected chi connectivity index (χ1v) is 5.13. The van der Waals surface area contributed by atoms with E-state index >= 15 is 0 Å². The number of rotatable bonds is 3.